The molecule has 4 unspecified atom stereocenters. The highest BCUT2D eigenvalue weighted by atomic mass is 32.2. The second-order valence-electron chi connectivity index (χ2n) is 12.8. The van der Waals surface area contributed by atoms with Gasteiger partial charge in [-0.05, 0) is 80.6 Å². The van der Waals surface area contributed by atoms with Crippen LogP contribution in [0.4, 0.5) is 0 Å². The zero-order valence-electron chi connectivity index (χ0n) is 28.1. The van der Waals surface area contributed by atoms with Crippen molar-refractivity contribution < 1.29 is 33.4 Å². The molecule has 43 heavy (non-hydrogen) atoms. The highest BCUT2D eigenvalue weighted by molar-refractivity contribution is 7.99. The average molecular weight is 645 g/mol. The van der Waals surface area contributed by atoms with E-state index in [0.717, 1.165) is 26.2 Å². The van der Waals surface area contributed by atoms with E-state index in [-0.39, 0.29) is 12.0 Å². The number of carbonyl (C=O) groups is 1. The molecule has 0 aliphatic heterocycles. The zero-order valence-corrected chi connectivity index (χ0v) is 29.8. The smallest absolute Gasteiger partial charge is 0.371 e. The molecular weight excluding hydrogens is 583 g/mol. The van der Waals surface area contributed by atoms with Gasteiger partial charge in [-0.2, -0.15) is 11.8 Å². The minimum atomic E-state index is -4.72. The summed E-state index contributed by atoms with van der Waals surface area (Å²) in [6, 6.07) is 7.87. The molecule has 0 aliphatic rings. The van der Waals surface area contributed by atoms with E-state index in [4.69, 9.17) is 14.0 Å². The molecule has 1 aromatic carbocycles. The molecule has 4 atom stereocenters. The maximum absolute atomic E-state index is 13.3. The molecule has 0 saturated carbocycles. The Labute approximate surface area is 266 Å². The van der Waals surface area contributed by atoms with E-state index in [9.17, 15) is 19.4 Å². The van der Waals surface area contributed by atoms with Gasteiger partial charge >= 0.3 is 13.6 Å². The highest BCUT2D eigenvalue weighted by Gasteiger charge is 2.54. The van der Waals surface area contributed by atoms with Crippen LogP contribution in [0.1, 0.15) is 138 Å². The number of rotatable bonds is 25. The monoisotopic (exact) mass is 644 g/mol. The Morgan fingerprint density at radius 1 is 0.860 bits per heavy atom. The van der Waals surface area contributed by atoms with Crippen LogP contribution in [-0.2, 0) is 24.0 Å². The summed E-state index contributed by atoms with van der Waals surface area (Å²) in [6.45, 7) is 13.3. The van der Waals surface area contributed by atoms with E-state index < -0.39 is 31.1 Å². The zero-order chi connectivity index (χ0) is 32.4. The van der Waals surface area contributed by atoms with Gasteiger partial charge in [0, 0.05) is 6.61 Å². The number of ether oxygens (including phenoxy) is 2. The highest BCUT2D eigenvalue weighted by Crippen LogP contribution is 2.57. The number of hydrogen-bond donors (Lipinski definition) is 2. The first-order valence-corrected chi connectivity index (χ1v) is 19.2. The van der Waals surface area contributed by atoms with Crippen LogP contribution in [0.25, 0.3) is 0 Å². The fourth-order valence-corrected chi connectivity index (χ4v) is 7.03. The predicted molar refractivity (Wildman–Crippen MR) is 181 cm³/mol. The number of hydrogen-bond acceptors (Lipinski definition) is 6. The molecule has 0 amide bonds. The van der Waals surface area contributed by atoms with E-state index >= 15 is 0 Å². The standard InChI is InChI=1S/C34H61O7PS/c1-8-10-11-12-15-18-26-43-27-19-16-13-14-17-20-31(40-30-23-21-29(22-24-30)33(4,5)6)28(3)41-42(37,38)34(7,32(35)36)39-25-9-2/h21-24,28,31H,8-20,25-27H2,1-7H3,(H,35,36)(H,37,38). The summed E-state index contributed by atoms with van der Waals surface area (Å²) in [6.07, 6.45) is 13.3. The number of aliphatic carboxylic acids is 1. The van der Waals surface area contributed by atoms with E-state index in [1.165, 1.54) is 68.4 Å². The Morgan fingerprint density at radius 2 is 1.40 bits per heavy atom. The van der Waals surface area contributed by atoms with Crippen molar-refractivity contribution in [1.82, 2.24) is 0 Å². The Balaban J connectivity index is 2.70. The van der Waals surface area contributed by atoms with Gasteiger partial charge in [0.05, 0.1) is 0 Å². The van der Waals surface area contributed by atoms with Crippen LogP contribution in [-0.4, -0.2) is 51.6 Å². The fraction of sp³-hybridized carbons (Fsp3) is 0.794. The molecule has 250 valence electrons. The Kier molecular flexibility index (Phi) is 19.4. The van der Waals surface area contributed by atoms with Gasteiger partial charge in [-0.3, -0.25) is 9.09 Å². The third-order valence-electron chi connectivity index (χ3n) is 7.78. The average Bonchev–Trinajstić information content (AvgIpc) is 2.94. The molecule has 0 radical (unpaired) electrons. The SMILES string of the molecule is CCCCCCCCSCCCCCCCC(Oc1ccc(C(C)(C)C)cc1)C(C)OP(=O)(O)C(C)(OCCC)C(=O)O. The van der Waals surface area contributed by atoms with Crippen LogP contribution in [0.5, 0.6) is 5.75 Å². The van der Waals surface area contributed by atoms with Crippen molar-refractivity contribution in [3.63, 3.8) is 0 Å². The van der Waals surface area contributed by atoms with Gasteiger partial charge in [0.1, 0.15) is 18.0 Å². The molecule has 0 fully saturated rings. The van der Waals surface area contributed by atoms with E-state index in [1.807, 2.05) is 24.3 Å². The lowest BCUT2D eigenvalue weighted by atomic mass is 9.87. The molecule has 0 bridgehead atoms. The van der Waals surface area contributed by atoms with Gasteiger partial charge in [0.2, 0.25) is 0 Å². The largest absolute Gasteiger partial charge is 0.488 e. The summed E-state index contributed by atoms with van der Waals surface area (Å²) in [5, 5.41) is 7.39. The molecule has 0 saturated heterocycles. The van der Waals surface area contributed by atoms with Gasteiger partial charge < -0.3 is 19.5 Å². The van der Waals surface area contributed by atoms with Gasteiger partial charge in [0.15, 0.2) is 0 Å². The molecule has 0 spiro atoms. The van der Waals surface area contributed by atoms with Crippen LogP contribution in [0, 0.1) is 0 Å². The Hall–Kier alpha value is -1.05. The minimum absolute atomic E-state index is 0.00436. The first-order valence-electron chi connectivity index (χ1n) is 16.5. The molecule has 9 heteroatoms. The molecule has 7 nitrogen and oxygen atoms in total. The third-order valence-corrected chi connectivity index (χ3v) is 11.0. The van der Waals surface area contributed by atoms with Crippen molar-refractivity contribution in [3.8, 4) is 5.75 Å². The molecule has 1 rings (SSSR count). The van der Waals surface area contributed by atoms with Gasteiger partial charge in [-0.15, -0.1) is 0 Å². The minimum Gasteiger partial charge on any atom is -0.488 e. The summed E-state index contributed by atoms with van der Waals surface area (Å²) in [4.78, 5) is 22.8. The van der Waals surface area contributed by atoms with Crippen molar-refractivity contribution in [1.29, 1.82) is 0 Å². The number of thioether (sulfide) groups is 1. The Morgan fingerprint density at radius 3 is 1.91 bits per heavy atom. The number of benzene rings is 1. The Bertz CT molecular complexity index is 934. The molecule has 0 aromatic heterocycles. The lowest BCUT2D eigenvalue weighted by Crippen LogP contribution is -2.41. The van der Waals surface area contributed by atoms with Gasteiger partial charge in [-0.25, -0.2) is 4.79 Å². The summed E-state index contributed by atoms with van der Waals surface area (Å²) in [5.74, 6) is 1.59. The second kappa shape index (κ2) is 20.9. The fourth-order valence-electron chi connectivity index (χ4n) is 4.72. The van der Waals surface area contributed by atoms with E-state index in [0.29, 0.717) is 18.6 Å². The lowest BCUT2D eigenvalue weighted by Gasteiger charge is -2.33. The van der Waals surface area contributed by atoms with Gasteiger partial charge in [0.25, 0.3) is 5.34 Å². The summed E-state index contributed by atoms with van der Waals surface area (Å²) in [7, 11) is -4.72. The van der Waals surface area contributed by atoms with Crippen LogP contribution in [0.3, 0.4) is 0 Å². The number of unbranched alkanes of at least 4 members (excludes halogenated alkanes) is 9. The van der Waals surface area contributed by atoms with Crippen molar-refractivity contribution in [2.24, 2.45) is 0 Å². The van der Waals surface area contributed by atoms with Gasteiger partial charge in [-0.1, -0.05) is 98.1 Å². The quantitative estimate of drug-likeness (QED) is 0.0801. The van der Waals surface area contributed by atoms with Crippen LogP contribution in [0.2, 0.25) is 0 Å². The molecule has 0 heterocycles. The number of carboxylic acids is 1. The summed E-state index contributed by atoms with van der Waals surface area (Å²) in [5.41, 5.74) is 1.18. The maximum Gasteiger partial charge on any atom is 0.371 e. The molecule has 1 aromatic rings. The lowest BCUT2D eigenvalue weighted by molar-refractivity contribution is -0.155. The first-order chi connectivity index (χ1) is 20.3. The molecule has 0 aliphatic carbocycles. The second-order valence-corrected chi connectivity index (χ2v) is 16.2. The van der Waals surface area contributed by atoms with Crippen LogP contribution >= 0.6 is 19.4 Å². The van der Waals surface area contributed by atoms with Crippen molar-refractivity contribution >= 4 is 25.3 Å². The predicted octanol–water partition coefficient (Wildman–Crippen LogP) is 9.98. The topological polar surface area (TPSA) is 102 Å². The van der Waals surface area contributed by atoms with E-state index in [1.54, 1.807) is 13.8 Å². The first kappa shape index (κ1) is 40.0. The van der Waals surface area contributed by atoms with Crippen molar-refractivity contribution in [2.75, 3.05) is 18.1 Å². The normalized spacial score (nSPS) is 16.3. The van der Waals surface area contributed by atoms with E-state index in [2.05, 4.69) is 39.5 Å². The molecule has 2 N–H and O–H groups in total. The summed E-state index contributed by atoms with van der Waals surface area (Å²) >= 11 is 2.07. The maximum atomic E-state index is 13.3. The number of carboxylic acid groups (broad SMARTS) is 1. The van der Waals surface area contributed by atoms with Crippen molar-refractivity contribution in [3.05, 3.63) is 29.8 Å². The molecular formula is C34H61O7PS. The van der Waals surface area contributed by atoms with Crippen molar-refractivity contribution in [2.45, 2.75) is 155 Å². The summed E-state index contributed by atoms with van der Waals surface area (Å²) < 4.78 is 30.6. The van der Waals surface area contributed by atoms with Crippen LogP contribution in [0.15, 0.2) is 24.3 Å². The van der Waals surface area contributed by atoms with Crippen LogP contribution < -0.4 is 4.74 Å². The third kappa shape index (κ3) is 15.2.